The first-order chi connectivity index (χ1) is 8.25. The van der Waals surface area contributed by atoms with Crippen LogP contribution in [0.2, 0.25) is 0 Å². The summed E-state index contributed by atoms with van der Waals surface area (Å²) >= 11 is 0. The number of nitrogen functional groups attached to an aromatic ring is 1. The molecule has 0 saturated heterocycles. The fourth-order valence-electron chi connectivity index (χ4n) is 1.97. The minimum atomic E-state index is 0.686. The molecule has 3 heteroatoms. The first-order valence-electron chi connectivity index (χ1n) is 5.55. The molecule has 3 aromatic rings. The zero-order valence-corrected chi connectivity index (χ0v) is 9.59. The van der Waals surface area contributed by atoms with Gasteiger partial charge in [-0.2, -0.15) is 0 Å². The minimum Gasteiger partial charge on any atom is -0.383 e. The van der Waals surface area contributed by atoms with Crippen LogP contribution in [0.15, 0.2) is 48.7 Å². The number of imidazole rings is 1. The third kappa shape index (κ3) is 1.56. The normalized spacial score (nSPS) is 10.9. The number of hydrogen-bond donors (Lipinski definition) is 1. The van der Waals surface area contributed by atoms with E-state index in [0.717, 1.165) is 16.9 Å². The van der Waals surface area contributed by atoms with Crippen molar-refractivity contribution >= 4 is 11.5 Å². The minimum absolute atomic E-state index is 0.686. The molecule has 0 aliphatic rings. The van der Waals surface area contributed by atoms with Gasteiger partial charge in [0, 0.05) is 11.8 Å². The van der Waals surface area contributed by atoms with Gasteiger partial charge in [0.05, 0.1) is 0 Å². The van der Waals surface area contributed by atoms with Gasteiger partial charge in [-0.3, -0.25) is 4.40 Å². The smallest absolute Gasteiger partial charge is 0.139 e. The standard InChI is InChI=1S/C14H13N3/c1-10-7-8-17-12(9-10)16-13(14(17)15)11-5-3-2-4-6-11/h2-9H,15H2,1H3. The van der Waals surface area contributed by atoms with E-state index in [-0.39, 0.29) is 0 Å². The molecule has 2 aromatic heterocycles. The predicted molar refractivity (Wildman–Crippen MR) is 69.8 cm³/mol. The molecule has 84 valence electrons. The van der Waals surface area contributed by atoms with Gasteiger partial charge in [0.1, 0.15) is 17.2 Å². The zero-order chi connectivity index (χ0) is 11.8. The van der Waals surface area contributed by atoms with Gasteiger partial charge in [-0.25, -0.2) is 4.98 Å². The molecule has 0 radical (unpaired) electrons. The lowest BCUT2D eigenvalue weighted by Crippen LogP contribution is -1.93. The summed E-state index contributed by atoms with van der Waals surface area (Å²) in [6, 6.07) is 14.1. The summed E-state index contributed by atoms with van der Waals surface area (Å²) in [6.07, 6.45) is 1.96. The Hall–Kier alpha value is -2.29. The Morgan fingerprint density at radius 2 is 1.88 bits per heavy atom. The van der Waals surface area contributed by atoms with Crippen molar-refractivity contribution in [1.29, 1.82) is 0 Å². The number of benzene rings is 1. The van der Waals surface area contributed by atoms with E-state index in [4.69, 9.17) is 5.73 Å². The maximum Gasteiger partial charge on any atom is 0.139 e. The Balaban J connectivity index is 2.28. The van der Waals surface area contributed by atoms with Crippen molar-refractivity contribution < 1.29 is 0 Å². The van der Waals surface area contributed by atoms with Gasteiger partial charge in [0.2, 0.25) is 0 Å². The van der Waals surface area contributed by atoms with Crippen molar-refractivity contribution in [2.45, 2.75) is 6.92 Å². The van der Waals surface area contributed by atoms with E-state index in [1.807, 2.05) is 60.0 Å². The van der Waals surface area contributed by atoms with Gasteiger partial charge in [-0.15, -0.1) is 0 Å². The lowest BCUT2D eigenvalue weighted by molar-refractivity contribution is 1.18. The molecule has 0 spiro atoms. The number of nitrogens with zero attached hydrogens (tertiary/aromatic N) is 2. The number of aryl methyl sites for hydroxylation is 1. The molecule has 0 amide bonds. The maximum atomic E-state index is 6.12. The van der Waals surface area contributed by atoms with Crippen LogP contribution in [0.5, 0.6) is 0 Å². The van der Waals surface area contributed by atoms with E-state index >= 15 is 0 Å². The topological polar surface area (TPSA) is 43.3 Å². The van der Waals surface area contributed by atoms with E-state index in [9.17, 15) is 0 Å². The monoisotopic (exact) mass is 223 g/mol. The Labute approximate surface area is 99.5 Å². The molecule has 0 bridgehead atoms. The summed E-state index contributed by atoms with van der Waals surface area (Å²) in [5, 5.41) is 0. The molecule has 0 fully saturated rings. The second kappa shape index (κ2) is 3.63. The van der Waals surface area contributed by atoms with Crippen LogP contribution in [0.1, 0.15) is 5.56 Å². The molecule has 0 saturated carbocycles. The number of rotatable bonds is 1. The van der Waals surface area contributed by atoms with Crippen molar-refractivity contribution in [2.24, 2.45) is 0 Å². The van der Waals surface area contributed by atoms with Gasteiger partial charge in [0.25, 0.3) is 0 Å². The average Bonchev–Trinajstić information content (AvgIpc) is 2.67. The van der Waals surface area contributed by atoms with E-state index in [1.165, 1.54) is 5.56 Å². The number of hydrogen-bond acceptors (Lipinski definition) is 2. The van der Waals surface area contributed by atoms with Crippen LogP contribution in [0, 0.1) is 6.92 Å². The third-order valence-corrected chi connectivity index (χ3v) is 2.87. The molecule has 2 N–H and O–H groups in total. The number of aromatic nitrogens is 2. The van der Waals surface area contributed by atoms with Crippen LogP contribution in [-0.4, -0.2) is 9.38 Å². The van der Waals surface area contributed by atoms with Crippen molar-refractivity contribution in [3.05, 3.63) is 54.2 Å². The van der Waals surface area contributed by atoms with Crippen LogP contribution >= 0.6 is 0 Å². The molecule has 3 nitrogen and oxygen atoms in total. The van der Waals surface area contributed by atoms with E-state index in [2.05, 4.69) is 4.98 Å². The fourth-order valence-corrected chi connectivity index (χ4v) is 1.97. The highest BCUT2D eigenvalue weighted by Crippen LogP contribution is 2.26. The number of pyridine rings is 1. The summed E-state index contributed by atoms with van der Waals surface area (Å²) in [5.41, 5.74) is 10.1. The van der Waals surface area contributed by atoms with Crippen molar-refractivity contribution in [3.63, 3.8) is 0 Å². The quantitative estimate of drug-likeness (QED) is 0.689. The van der Waals surface area contributed by atoms with Crippen molar-refractivity contribution in [1.82, 2.24) is 9.38 Å². The van der Waals surface area contributed by atoms with Gasteiger partial charge in [0.15, 0.2) is 0 Å². The highest BCUT2D eigenvalue weighted by molar-refractivity contribution is 5.74. The molecular weight excluding hydrogens is 210 g/mol. The molecule has 0 unspecified atom stereocenters. The average molecular weight is 223 g/mol. The Morgan fingerprint density at radius 1 is 1.12 bits per heavy atom. The molecule has 0 aliphatic carbocycles. The van der Waals surface area contributed by atoms with Crippen LogP contribution in [-0.2, 0) is 0 Å². The van der Waals surface area contributed by atoms with Crippen LogP contribution in [0.25, 0.3) is 16.9 Å². The first kappa shape index (κ1) is 9.90. The lowest BCUT2D eigenvalue weighted by Gasteiger charge is -1.98. The van der Waals surface area contributed by atoms with Crippen LogP contribution < -0.4 is 5.73 Å². The van der Waals surface area contributed by atoms with E-state index in [1.54, 1.807) is 0 Å². The molecule has 0 atom stereocenters. The molecule has 3 rings (SSSR count). The number of nitrogens with two attached hydrogens (primary N) is 1. The number of fused-ring (bicyclic) bond motifs is 1. The summed E-state index contributed by atoms with van der Waals surface area (Å²) in [6.45, 7) is 2.05. The summed E-state index contributed by atoms with van der Waals surface area (Å²) in [7, 11) is 0. The fraction of sp³-hybridized carbons (Fsp3) is 0.0714. The third-order valence-electron chi connectivity index (χ3n) is 2.87. The molecule has 1 aromatic carbocycles. The Morgan fingerprint density at radius 3 is 2.65 bits per heavy atom. The van der Waals surface area contributed by atoms with Crippen LogP contribution in [0.4, 0.5) is 5.82 Å². The highest BCUT2D eigenvalue weighted by Gasteiger charge is 2.10. The van der Waals surface area contributed by atoms with Gasteiger partial charge >= 0.3 is 0 Å². The lowest BCUT2D eigenvalue weighted by atomic mass is 10.1. The predicted octanol–water partition coefficient (Wildman–Crippen LogP) is 2.89. The summed E-state index contributed by atoms with van der Waals surface area (Å²) in [4.78, 5) is 4.58. The van der Waals surface area contributed by atoms with E-state index < -0.39 is 0 Å². The zero-order valence-electron chi connectivity index (χ0n) is 9.59. The first-order valence-corrected chi connectivity index (χ1v) is 5.55. The maximum absolute atomic E-state index is 6.12. The van der Waals surface area contributed by atoms with Crippen LogP contribution in [0.3, 0.4) is 0 Å². The van der Waals surface area contributed by atoms with Gasteiger partial charge in [-0.1, -0.05) is 30.3 Å². The SMILES string of the molecule is Cc1ccn2c(N)c(-c3ccccc3)nc2c1. The molecule has 17 heavy (non-hydrogen) atoms. The summed E-state index contributed by atoms with van der Waals surface area (Å²) in [5.74, 6) is 0.686. The second-order valence-corrected chi connectivity index (χ2v) is 4.14. The second-order valence-electron chi connectivity index (χ2n) is 4.14. The molecular formula is C14H13N3. The van der Waals surface area contributed by atoms with Gasteiger partial charge < -0.3 is 5.73 Å². The Bertz CT molecular complexity index is 669. The highest BCUT2D eigenvalue weighted by atomic mass is 15.1. The Kier molecular flexibility index (Phi) is 2.11. The van der Waals surface area contributed by atoms with Crippen molar-refractivity contribution in [3.8, 4) is 11.3 Å². The molecule has 0 aliphatic heterocycles. The van der Waals surface area contributed by atoms with E-state index in [0.29, 0.717) is 5.82 Å². The summed E-state index contributed by atoms with van der Waals surface area (Å²) < 4.78 is 1.91. The number of anilines is 1. The molecule has 2 heterocycles. The van der Waals surface area contributed by atoms with Gasteiger partial charge in [-0.05, 0) is 24.6 Å². The van der Waals surface area contributed by atoms with Crippen molar-refractivity contribution in [2.75, 3.05) is 5.73 Å². The largest absolute Gasteiger partial charge is 0.383 e.